The predicted octanol–water partition coefficient (Wildman–Crippen LogP) is 2.07. The fraction of sp³-hybridized carbons (Fsp3) is 0.214. The van der Waals surface area contributed by atoms with E-state index < -0.39 is 16.0 Å². The third-order valence-corrected chi connectivity index (χ3v) is 4.33. The minimum Gasteiger partial charge on any atom is -0.478 e. The molecule has 0 unspecified atom stereocenters. The Labute approximate surface area is 122 Å². The van der Waals surface area contributed by atoms with Gasteiger partial charge in [0.25, 0.3) is 0 Å². The van der Waals surface area contributed by atoms with E-state index >= 15 is 0 Å². The molecular formula is C14H15NO5S. The highest BCUT2D eigenvalue weighted by molar-refractivity contribution is 7.89. The first-order chi connectivity index (χ1) is 9.79. The van der Waals surface area contributed by atoms with Crippen molar-refractivity contribution in [3.8, 4) is 0 Å². The molecule has 0 aliphatic carbocycles. The van der Waals surface area contributed by atoms with Crippen LogP contribution in [0.15, 0.2) is 39.6 Å². The molecule has 0 saturated heterocycles. The van der Waals surface area contributed by atoms with Crippen molar-refractivity contribution in [1.29, 1.82) is 0 Å². The summed E-state index contributed by atoms with van der Waals surface area (Å²) < 4.78 is 31.8. The summed E-state index contributed by atoms with van der Waals surface area (Å²) in [4.78, 5) is 11.1. The van der Waals surface area contributed by atoms with Gasteiger partial charge in [0.2, 0.25) is 10.0 Å². The number of hydrogen-bond donors (Lipinski definition) is 2. The lowest BCUT2D eigenvalue weighted by Crippen LogP contribution is -2.23. The lowest BCUT2D eigenvalue weighted by molar-refractivity contribution is 0.0695. The third kappa shape index (κ3) is 3.50. The summed E-state index contributed by atoms with van der Waals surface area (Å²) >= 11 is 0. The average Bonchev–Trinajstić information content (AvgIpc) is 2.78. The number of benzene rings is 1. The molecule has 7 heteroatoms. The Balaban J connectivity index is 2.15. The monoisotopic (exact) mass is 309 g/mol. The van der Waals surface area contributed by atoms with E-state index in [4.69, 9.17) is 9.52 Å². The third-order valence-electron chi connectivity index (χ3n) is 2.94. The topological polar surface area (TPSA) is 96.6 Å². The number of hydrogen-bond acceptors (Lipinski definition) is 4. The molecule has 2 rings (SSSR count). The summed E-state index contributed by atoms with van der Waals surface area (Å²) in [6.07, 6.45) is 0. The van der Waals surface area contributed by atoms with Crippen LogP contribution in [0.3, 0.4) is 0 Å². The second-order valence-electron chi connectivity index (χ2n) is 4.63. The molecule has 112 valence electrons. The predicted molar refractivity (Wildman–Crippen MR) is 75.6 cm³/mol. The second kappa shape index (κ2) is 5.71. The fourth-order valence-electron chi connectivity index (χ4n) is 1.88. The van der Waals surface area contributed by atoms with Gasteiger partial charge in [0.05, 0.1) is 11.4 Å². The molecule has 6 nitrogen and oxygen atoms in total. The minimum absolute atomic E-state index is 0.0275. The van der Waals surface area contributed by atoms with Crippen molar-refractivity contribution in [3.05, 3.63) is 53.0 Å². The first-order valence-electron chi connectivity index (χ1n) is 6.18. The van der Waals surface area contributed by atoms with Crippen LogP contribution < -0.4 is 4.72 Å². The Hall–Kier alpha value is -2.12. The summed E-state index contributed by atoms with van der Waals surface area (Å²) in [5.74, 6) is -0.613. The zero-order chi connectivity index (χ0) is 15.6. The normalized spacial score (nSPS) is 11.5. The molecular weight excluding hydrogens is 294 g/mol. The highest BCUT2D eigenvalue weighted by Gasteiger charge is 2.17. The van der Waals surface area contributed by atoms with Gasteiger partial charge >= 0.3 is 5.97 Å². The van der Waals surface area contributed by atoms with Crippen molar-refractivity contribution in [2.24, 2.45) is 0 Å². The van der Waals surface area contributed by atoms with Gasteiger partial charge in [-0.1, -0.05) is 12.1 Å². The van der Waals surface area contributed by atoms with E-state index in [-0.39, 0.29) is 28.5 Å². The maximum Gasteiger partial charge on any atom is 0.339 e. The molecule has 0 bridgehead atoms. The highest BCUT2D eigenvalue weighted by Crippen LogP contribution is 2.16. The minimum atomic E-state index is -3.66. The Bertz CT molecular complexity index is 776. The first kappa shape index (κ1) is 15.3. The summed E-state index contributed by atoms with van der Waals surface area (Å²) in [6.45, 7) is 3.21. The molecule has 0 aliphatic rings. The maximum atomic E-state index is 12.1. The van der Waals surface area contributed by atoms with Crippen molar-refractivity contribution >= 4 is 16.0 Å². The fourth-order valence-corrected chi connectivity index (χ4v) is 2.97. The molecule has 1 aromatic carbocycles. The van der Waals surface area contributed by atoms with Crippen LogP contribution in [-0.4, -0.2) is 19.5 Å². The molecule has 0 aliphatic heterocycles. The lowest BCUT2D eigenvalue weighted by atomic mass is 10.2. The number of carboxylic acid groups (broad SMARTS) is 1. The van der Waals surface area contributed by atoms with Gasteiger partial charge in [-0.2, -0.15) is 0 Å². The van der Waals surface area contributed by atoms with Crippen molar-refractivity contribution < 1.29 is 22.7 Å². The van der Waals surface area contributed by atoms with Gasteiger partial charge < -0.3 is 9.52 Å². The van der Waals surface area contributed by atoms with Gasteiger partial charge in [-0.3, -0.25) is 0 Å². The van der Waals surface area contributed by atoms with E-state index in [1.165, 1.54) is 19.1 Å². The van der Waals surface area contributed by atoms with Crippen LogP contribution in [0.4, 0.5) is 0 Å². The Morgan fingerprint density at radius 1 is 1.29 bits per heavy atom. The van der Waals surface area contributed by atoms with E-state index in [0.29, 0.717) is 0 Å². The number of rotatable bonds is 5. The van der Waals surface area contributed by atoms with E-state index in [2.05, 4.69) is 4.72 Å². The van der Waals surface area contributed by atoms with Crippen molar-refractivity contribution in [2.75, 3.05) is 0 Å². The molecule has 2 N–H and O–H groups in total. The lowest BCUT2D eigenvalue weighted by Gasteiger charge is -2.05. The highest BCUT2D eigenvalue weighted by atomic mass is 32.2. The van der Waals surface area contributed by atoms with E-state index in [1.807, 2.05) is 0 Å². The number of aryl methyl sites for hydroxylation is 2. The summed E-state index contributed by atoms with van der Waals surface area (Å²) in [6, 6.07) is 7.82. The molecule has 0 saturated carbocycles. The number of carbonyl (C=O) groups is 1. The van der Waals surface area contributed by atoms with Gasteiger partial charge in [0.1, 0.15) is 17.1 Å². The molecule has 0 atom stereocenters. The van der Waals surface area contributed by atoms with Crippen molar-refractivity contribution in [3.63, 3.8) is 0 Å². The largest absolute Gasteiger partial charge is 0.478 e. The molecule has 1 heterocycles. The maximum absolute atomic E-state index is 12.1. The zero-order valence-electron chi connectivity index (χ0n) is 11.6. The second-order valence-corrected chi connectivity index (χ2v) is 6.40. The first-order valence-corrected chi connectivity index (χ1v) is 7.67. The molecule has 1 aromatic heterocycles. The number of nitrogens with one attached hydrogen (secondary N) is 1. The van der Waals surface area contributed by atoms with Crippen LogP contribution in [0.5, 0.6) is 0 Å². The number of carboxylic acids is 1. The number of aromatic carboxylic acids is 1. The van der Waals surface area contributed by atoms with Crippen LogP contribution in [0.1, 0.15) is 27.4 Å². The van der Waals surface area contributed by atoms with Gasteiger partial charge in [-0.15, -0.1) is 0 Å². The number of furan rings is 1. The molecule has 2 aromatic rings. The van der Waals surface area contributed by atoms with E-state index in [9.17, 15) is 13.2 Å². The standard InChI is InChI=1S/C14H15NO5S/c1-9-4-3-5-12(6-9)21(18,19)15-8-11-7-13(14(16)17)10(2)20-11/h3-7,15H,8H2,1-2H3,(H,16,17). The van der Waals surface area contributed by atoms with Gasteiger partial charge in [-0.05, 0) is 37.6 Å². The Morgan fingerprint density at radius 3 is 2.57 bits per heavy atom. The number of sulfonamides is 1. The van der Waals surface area contributed by atoms with E-state index in [1.54, 1.807) is 25.1 Å². The van der Waals surface area contributed by atoms with Crippen LogP contribution in [0.25, 0.3) is 0 Å². The van der Waals surface area contributed by atoms with Crippen LogP contribution in [0, 0.1) is 13.8 Å². The quantitative estimate of drug-likeness (QED) is 0.881. The Morgan fingerprint density at radius 2 is 2.00 bits per heavy atom. The van der Waals surface area contributed by atoms with Gasteiger partial charge in [0, 0.05) is 0 Å². The molecule has 0 amide bonds. The van der Waals surface area contributed by atoms with Crippen molar-refractivity contribution in [2.45, 2.75) is 25.3 Å². The summed E-state index contributed by atoms with van der Waals surface area (Å²) in [5.41, 5.74) is 0.861. The molecule has 0 radical (unpaired) electrons. The molecule has 0 spiro atoms. The smallest absolute Gasteiger partial charge is 0.339 e. The Kier molecular flexibility index (Phi) is 4.15. The molecule has 0 fully saturated rings. The van der Waals surface area contributed by atoms with Crippen LogP contribution >= 0.6 is 0 Å². The van der Waals surface area contributed by atoms with Crippen molar-refractivity contribution in [1.82, 2.24) is 4.72 Å². The van der Waals surface area contributed by atoms with Gasteiger partial charge in [-0.25, -0.2) is 17.9 Å². The SMILES string of the molecule is Cc1cccc(S(=O)(=O)NCc2cc(C(=O)O)c(C)o2)c1. The van der Waals surface area contributed by atoms with Gasteiger partial charge in [0.15, 0.2) is 0 Å². The molecule has 21 heavy (non-hydrogen) atoms. The summed E-state index contributed by atoms with van der Waals surface area (Å²) in [5, 5.41) is 8.92. The summed E-state index contributed by atoms with van der Waals surface area (Å²) in [7, 11) is -3.66. The van der Waals surface area contributed by atoms with Crippen LogP contribution in [-0.2, 0) is 16.6 Å². The average molecular weight is 309 g/mol. The van der Waals surface area contributed by atoms with Crippen LogP contribution in [0.2, 0.25) is 0 Å². The zero-order valence-corrected chi connectivity index (χ0v) is 12.4. The van der Waals surface area contributed by atoms with E-state index in [0.717, 1.165) is 5.56 Å².